The van der Waals surface area contributed by atoms with Crippen molar-refractivity contribution in [3.05, 3.63) is 21.8 Å². The minimum atomic E-state index is -1.30. The van der Waals surface area contributed by atoms with Gasteiger partial charge in [0.05, 0.1) is 11.1 Å². The molecule has 1 amide bonds. The monoisotopic (exact) mass is 327 g/mol. The van der Waals surface area contributed by atoms with Gasteiger partial charge in [-0.3, -0.25) is 19.0 Å². The van der Waals surface area contributed by atoms with Gasteiger partial charge in [0.15, 0.2) is 5.16 Å². The molecule has 0 unspecified atom stereocenters. The van der Waals surface area contributed by atoms with Crippen LogP contribution in [-0.4, -0.2) is 32.3 Å². The third-order valence-electron chi connectivity index (χ3n) is 2.95. The minimum Gasteiger partial charge on any atom is -0.481 e. The predicted molar refractivity (Wildman–Crippen MR) is 80.8 cm³/mol. The number of aromatic nitrogens is 2. The highest BCUT2D eigenvalue weighted by atomic mass is 32.2. The van der Waals surface area contributed by atoms with Gasteiger partial charge in [-0.25, -0.2) is 4.98 Å². The van der Waals surface area contributed by atoms with Gasteiger partial charge in [-0.2, -0.15) is 0 Å². The number of carbonyl (C=O) groups excluding carboxylic acids is 1. The number of carboxylic acids is 1. The van der Waals surface area contributed by atoms with Crippen molar-refractivity contribution in [1.29, 1.82) is 0 Å². The lowest BCUT2D eigenvalue weighted by Gasteiger charge is -2.25. The number of thiophene rings is 1. The number of hydrogen-bond donors (Lipinski definition) is 2. The number of fused-ring (bicyclic) bond motifs is 1. The Balaban J connectivity index is 2.72. The molecule has 2 rings (SSSR count). The standard InChI is InChI=1S/C12H13N3O4S2/c1-12(2,10(13)19)15-9(18)6-3-4-20-8(6)14-11(15)21-5-7(16)17/h3-4H,5H2,1-2H3,(H2,13,19)(H,16,17). The Morgan fingerprint density at radius 1 is 1.52 bits per heavy atom. The summed E-state index contributed by atoms with van der Waals surface area (Å²) >= 11 is 2.16. The predicted octanol–water partition coefficient (Wildman–Crippen LogP) is 0.855. The Labute approximate surface area is 127 Å². The number of carboxylic acid groups (broad SMARTS) is 1. The largest absolute Gasteiger partial charge is 0.481 e. The minimum absolute atomic E-state index is 0.168. The fourth-order valence-electron chi connectivity index (χ4n) is 1.72. The highest BCUT2D eigenvalue weighted by molar-refractivity contribution is 7.99. The van der Waals surface area contributed by atoms with E-state index in [0.717, 1.165) is 16.3 Å². The number of hydrogen-bond acceptors (Lipinski definition) is 6. The van der Waals surface area contributed by atoms with Gasteiger partial charge in [0.2, 0.25) is 5.91 Å². The first-order valence-corrected chi connectivity index (χ1v) is 7.77. The molecular formula is C12H13N3O4S2. The quantitative estimate of drug-likeness (QED) is 0.621. The van der Waals surface area contributed by atoms with E-state index in [1.807, 2.05) is 0 Å². The zero-order valence-electron chi connectivity index (χ0n) is 11.3. The maximum atomic E-state index is 12.6. The van der Waals surface area contributed by atoms with E-state index in [-0.39, 0.29) is 10.9 Å². The summed E-state index contributed by atoms with van der Waals surface area (Å²) in [6.07, 6.45) is 0. The highest BCUT2D eigenvalue weighted by Gasteiger charge is 2.32. The maximum Gasteiger partial charge on any atom is 0.313 e. The van der Waals surface area contributed by atoms with Crippen LogP contribution in [0.4, 0.5) is 0 Å². The molecule has 0 fully saturated rings. The molecule has 0 saturated carbocycles. The highest BCUT2D eigenvalue weighted by Crippen LogP contribution is 2.25. The molecule has 2 heterocycles. The van der Waals surface area contributed by atoms with Crippen LogP contribution in [0.2, 0.25) is 0 Å². The van der Waals surface area contributed by atoms with Gasteiger partial charge in [0.1, 0.15) is 10.4 Å². The summed E-state index contributed by atoms with van der Waals surface area (Å²) in [7, 11) is 0. The van der Waals surface area contributed by atoms with Gasteiger partial charge in [-0.1, -0.05) is 11.8 Å². The van der Waals surface area contributed by atoms with Crippen LogP contribution in [0.3, 0.4) is 0 Å². The Morgan fingerprint density at radius 3 is 2.76 bits per heavy atom. The summed E-state index contributed by atoms with van der Waals surface area (Å²) in [5.41, 5.74) is 3.66. The second-order valence-electron chi connectivity index (χ2n) is 4.78. The van der Waals surface area contributed by atoms with Crippen LogP contribution < -0.4 is 11.3 Å². The van der Waals surface area contributed by atoms with Crippen molar-refractivity contribution < 1.29 is 14.7 Å². The average molecular weight is 327 g/mol. The smallest absolute Gasteiger partial charge is 0.313 e. The molecular weight excluding hydrogens is 314 g/mol. The van der Waals surface area contributed by atoms with Gasteiger partial charge in [-0.15, -0.1) is 11.3 Å². The second-order valence-corrected chi connectivity index (χ2v) is 6.62. The zero-order chi connectivity index (χ0) is 15.8. The molecule has 0 aliphatic rings. The Kier molecular flexibility index (Phi) is 4.06. The number of rotatable bonds is 5. The molecule has 0 bridgehead atoms. The van der Waals surface area contributed by atoms with E-state index in [1.54, 1.807) is 11.4 Å². The first-order chi connectivity index (χ1) is 9.75. The number of primary amides is 1. The molecule has 0 spiro atoms. The zero-order valence-corrected chi connectivity index (χ0v) is 13.0. The van der Waals surface area contributed by atoms with Crippen molar-refractivity contribution in [2.24, 2.45) is 5.73 Å². The van der Waals surface area contributed by atoms with Crippen LogP contribution in [0.5, 0.6) is 0 Å². The first kappa shape index (κ1) is 15.5. The van der Waals surface area contributed by atoms with Crippen LogP contribution in [0.25, 0.3) is 10.2 Å². The summed E-state index contributed by atoms with van der Waals surface area (Å²) in [5, 5.41) is 11.1. The first-order valence-electron chi connectivity index (χ1n) is 5.90. The van der Waals surface area contributed by atoms with Crippen LogP contribution in [0.1, 0.15) is 13.8 Å². The molecule has 0 atom stereocenters. The molecule has 21 heavy (non-hydrogen) atoms. The lowest BCUT2D eigenvalue weighted by atomic mass is 10.0. The summed E-state index contributed by atoms with van der Waals surface area (Å²) in [6, 6.07) is 1.62. The van der Waals surface area contributed by atoms with Crippen molar-refractivity contribution in [3.63, 3.8) is 0 Å². The van der Waals surface area contributed by atoms with E-state index in [9.17, 15) is 14.4 Å². The van der Waals surface area contributed by atoms with E-state index in [2.05, 4.69) is 4.98 Å². The fourth-order valence-corrected chi connectivity index (χ4v) is 3.38. The van der Waals surface area contributed by atoms with Gasteiger partial charge in [-0.05, 0) is 25.3 Å². The van der Waals surface area contributed by atoms with Gasteiger partial charge >= 0.3 is 5.97 Å². The van der Waals surface area contributed by atoms with E-state index in [0.29, 0.717) is 10.2 Å². The van der Waals surface area contributed by atoms with Crippen LogP contribution >= 0.6 is 23.1 Å². The molecule has 2 aromatic heterocycles. The van der Waals surface area contributed by atoms with Crippen LogP contribution in [0.15, 0.2) is 21.4 Å². The Bertz CT molecular complexity index is 778. The maximum absolute atomic E-state index is 12.6. The van der Waals surface area contributed by atoms with E-state index in [4.69, 9.17) is 10.8 Å². The Morgan fingerprint density at radius 2 is 2.19 bits per heavy atom. The topological polar surface area (TPSA) is 115 Å². The Hall–Kier alpha value is -1.87. The fraction of sp³-hybridized carbons (Fsp3) is 0.333. The second kappa shape index (κ2) is 5.49. The number of amides is 1. The SMILES string of the molecule is CC(C)(C(N)=O)n1c(SCC(=O)O)nc2sccc2c1=O. The average Bonchev–Trinajstić information content (AvgIpc) is 2.84. The van der Waals surface area contributed by atoms with Crippen molar-refractivity contribution in [3.8, 4) is 0 Å². The summed E-state index contributed by atoms with van der Waals surface area (Å²) < 4.78 is 1.16. The molecule has 0 aliphatic heterocycles. The molecule has 112 valence electrons. The summed E-state index contributed by atoms with van der Waals surface area (Å²) in [6.45, 7) is 3.00. The summed E-state index contributed by atoms with van der Waals surface area (Å²) in [5.74, 6) is -2.00. The normalized spacial score (nSPS) is 11.7. The molecule has 0 radical (unpaired) electrons. The molecule has 0 saturated heterocycles. The number of nitrogens with two attached hydrogens (primary N) is 1. The van der Waals surface area contributed by atoms with Gasteiger partial charge in [0, 0.05) is 0 Å². The molecule has 0 aromatic carbocycles. The lowest BCUT2D eigenvalue weighted by Crippen LogP contribution is -2.47. The van der Waals surface area contributed by atoms with E-state index < -0.39 is 23.0 Å². The molecule has 0 aliphatic carbocycles. The van der Waals surface area contributed by atoms with Crippen LogP contribution in [0, 0.1) is 0 Å². The summed E-state index contributed by atoms with van der Waals surface area (Å²) in [4.78, 5) is 39.8. The number of thioether (sulfide) groups is 1. The molecule has 9 heteroatoms. The van der Waals surface area contributed by atoms with E-state index >= 15 is 0 Å². The lowest BCUT2D eigenvalue weighted by molar-refractivity contribution is -0.133. The van der Waals surface area contributed by atoms with Crippen molar-refractivity contribution in [1.82, 2.24) is 9.55 Å². The van der Waals surface area contributed by atoms with Gasteiger partial charge in [0.25, 0.3) is 5.56 Å². The number of aliphatic carboxylic acids is 1. The molecule has 3 N–H and O–H groups in total. The molecule has 2 aromatic rings. The third kappa shape index (κ3) is 2.79. The van der Waals surface area contributed by atoms with Crippen molar-refractivity contribution in [2.75, 3.05) is 5.75 Å². The van der Waals surface area contributed by atoms with E-state index in [1.165, 1.54) is 25.2 Å². The van der Waals surface area contributed by atoms with Gasteiger partial charge < -0.3 is 10.8 Å². The van der Waals surface area contributed by atoms with Crippen molar-refractivity contribution >= 4 is 45.2 Å². The number of carbonyl (C=O) groups is 2. The number of nitrogens with zero attached hydrogens (tertiary/aromatic N) is 2. The third-order valence-corrected chi connectivity index (χ3v) is 4.68. The van der Waals surface area contributed by atoms with Crippen molar-refractivity contribution in [2.45, 2.75) is 24.5 Å². The van der Waals surface area contributed by atoms with Crippen LogP contribution in [-0.2, 0) is 15.1 Å². The molecule has 7 nitrogen and oxygen atoms in total.